The number of anilines is 4. The van der Waals surface area contributed by atoms with E-state index in [0.717, 1.165) is 5.69 Å². The number of para-hydroxylation sites is 1. The van der Waals surface area contributed by atoms with Crippen LogP contribution in [0.25, 0.3) is 0 Å². The molecular formula is C20H19FN6O3. The van der Waals surface area contributed by atoms with Crippen LogP contribution in [0.2, 0.25) is 0 Å². The number of halogens is 1. The van der Waals surface area contributed by atoms with E-state index in [2.05, 4.69) is 25.6 Å². The summed E-state index contributed by atoms with van der Waals surface area (Å²) in [5.41, 5.74) is 6.88. The van der Waals surface area contributed by atoms with Gasteiger partial charge in [-0.3, -0.25) is 9.59 Å². The minimum Gasteiger partial charge on any atom is -0.456 e. The van der Waals surface area contributed by atoms with Gasteiger partial charge in [0.1, 0.15) is 11.6 Å². The minimum atomic E-state index is -0.596. The van der Waals surface area contributed by atoms with Crippen LogP contribution in [0.3, 0.4) is 0 Å². The Morgan fingerprint density at radius 3 is 2.43 bits per heavy atom. The molecule has 1 amide bonds. The van der Waals surface area contributed by atoms with Crippen LogP contribution >= 0.6 is 0 Å². The monoisotopic (exact) mass is 410 g/mol. The van der Waals surface area contributed by atoms with Crippen LogP contribution in [0.1, 0.15) is 12.2 Å². The number of carbonyl (C=O) groups excluding carboxylic acids is 2. The van der Waals surface area contributed by atoms with E-state index in [9.17, 15) is 14.0 Å². The average molecular weight is 410 g/mol. The van der Waals surface area contributed by atoms with E-state index in [1.807, 2.05) is 30.3 Å². The number of rotatable bonds is 8. The summed E-state index contributed by atoms with van der Waals surface area (Å²) >= 11 is 0. The molecule has 30 heavy (non-hydrogen) atoms. The molecular weight excluding hydrogens is 391 g/mol. The number of hydrogen-bond acceptors (Lipinski definition) is 8. The number of nitrogens with two attached hydrogens (primary N) is 1. The van der Waals surface area contributed by atoms with E-state index >= 15 is 0 Å². The van der Waals surface area contributed by atoms with Crippen LogP contribution < -0.4 is 16.4 Å². The summed E-state index contributed by atoms with van der Waals surface area (Å²) in [5, 5.41) is 5.50. The van der Waals surface area contributed by atoms with E-state index in [0.29, 0.717) is 11.5 Å². The van der Waals surface area contributed by atoms with Gasteiger partial charge >= 0.3 is 5.97 Å². The van der Waals surface area contributed by atoms with E-state index in [1.54, 1.807) is 0 Å². The lowest BCUT2D eigenvalue weighted by molar-refractivity contribution is -0.147. The highest BCUT2D eigenvalue weighted by molar-refractivity contribution is 5.92. The van der Waals surface area contributed by atoms with Crippen molar-refractivity contribution in [2.75, 3.05) is 23.0 Å². The van der Waals surface area contributed by atoms with Gasteiger partial charge in [-0.2, -0.15) is 15.0 Å². The number of aryl methyl sites for hydroxylation is 1. The number of hydrogen-bond donors (Lipinski definition) is 3. The minimum absolute atomic E-state index is 0.0190. The molecule has 4 N–H and O–H groups in total. The number of nitrogens with one attached hydrogen (secondary N) is 2. The quantitative estimate of drug-likeness (QED) is 0.483. The summed E-state index contributed by atoms with van der Waals surface area (Å²) < 4.78 is 17.8. The number of ether oxygens (including phenoxy) is 1. The first-order valence-corrected chi connectivity index (χ1v) is 9.01. The number of carbonyl (C=O) groups is 2. The number of nitrogens with zero attached hydrogens (tertiary/aromatic N) is 3. The maximum absolute atomic E-state index is 12.9. The summed E-state index contributed by atoms with van der Waals surface area (Å²) in [6.45, 7) is -0.462. The van der Waals surface area contributed by atoms with Crippen molar-refractivity contribution in [3.63, 3.8) is 0 Å². The first kappa shape index (κ1) is 20.6. The van der Waals surface area contributed by atoms with Crippen LogP contribution in [0.4, 0.5) is 27.7 Å². The van der Waals surface area contributed by atoms with Crippen molar-refractivity contribution in [3.05, 3.63) is 66.2 Å². The largest absolute Gasteiger partial charge is 0.456 e. The second kappa shape index (κ2) is 9.92. The van der Waals surface area contributed by atoms with E-state index in [-0.39, 0.29) is 24.7 Å². The molecule has 0 spiro atoms. The molecule has 3 aromatic rings. The van der Waals surface area contributed by atoms with E-state index in [4.69, 9.17) is 10.5 Å². The first-order chi connectivity index (χ1) is 14.5. The molecule has 10 heteroatoms. The average Bonchev–Trinajstić information content (AvgIpc) is 2.73. The van der Waals surface area contributed by atoms with Gasteiger partial charge in [-0.05, 0) is 36.4 Å². The van der Waals surface area contributed by atoms with Crippen LogP contribution in [0.15, 0.2) is 54.6 Å². The highest BCUT2D eigenvalue weighted by atomic mass is 19.1. The molecule has 0 fully saturated rings. The molecule has 154 valence electrons. The Hall–Kier alpha value is -4.08. The fourth-order valence-corrected chi connectivity index (χ4v) is 2.42. The highest BCUT2D eigenvalue weighted by Gasteiger charge is 2.11. The number of nitrogen functional groups attached to an aromatic ring is 1. The molecule has 0 unspecified atom stereocenters. The molecule has 0 atom stereocenters. The molecule has 0 aliphatic heterocycles. The fourth-order valence-electron chi connectivity index (χ4n) is 2.42. The van der Waals surface area contributed by atoms with Gasteiger partial charge in [0.05, 0.1) is 6.42 Å². The van der Waals surface area contributed by atoms with Crippen LogP contribution in [-0.4, -0.2) is 33.4 Å². The van der Waals surface area contributed by atoms with Gasteiger partial charge in [-0.25, -0.2) is 4.39 Å². The summed E-state index contributed by atoms with van der Waals surface area (Å²) in [6.07, 6.45) is 0.118. The smallest absolute Gasteiger partial charge is 0.306 e. The van der Waals surface area contributed by atoms with Crippen LogP contribution in [0.5, 0.6) is 0 Å². The van der Waals surface area contributed by atoms with Crippen molar-refractivity contribution >= 4 is 35.1 Å². The van der Waals surface area contributed by atoms with Crippen molar-refractivity contribution in [1.29, 1.82) is 0 Å². The molecule has 0 saturated heterocycles. The molecule has 9 nitrogen and oxygen atoms in total. The van der Waals surface area contributed by atoms with Gasteiger partial charge in [-0.15, -0.1) is 0 Å². The van der Waals surface area contributed by atoms with Crippen molar-refractivity contribution in [2.45, 2.75) is 12.8 Å². The molecule has 1 heterocycles. The van der Waals surface area contributed by atoms with Gasteiger partial charge in [0, 0.05) is 17.8 Å². The Morgan fingerprint density at radius 2 is 1.70 bits per heavy atom. The predicted octanol–water partition coefficient (Wildman–Crippen LogP) is 2.45. The van der Waals surface area contributed by atoms with Gasteiger partial charge in [-0.1, -0.05) is 18.2 Å². The van der Waals surface area contributed by atoms with Gasteiger partial charge < -0.3 is 21.1 Å². The second-order valence-electron chi connectivity index (χ2n) is 6.14. The van der Waals surface area contributed by atoms with Gasteiger partial charge in [0.15, 0.2) is 6.61 Å². The summed E-state index contributed by atoms with van der Waals surface area (Å²) in [6, 6.07) is 14.5. The molecule has 1 aromatic heterocycles. The highest BCUT2D eigenvalue weighted by Crippen LogP contribution is 2.13. The van der Waals surface area contributed by atoms with E-state index < -0.39 is 24.3 Å². The summed E-state index contributed by atoms with van der Waals surface area (Å²) in [4.78, 5) is 36.0. The topological polar surface area (TPSA) is 132 Å². The molecule has 0 aliphatic rings. The number of aromatic nitrogens is 3. The third-order valence-corrected chi connectivity index (χ3v) is 3.77. The number of esters is 1. The van der Waals surface area contributed by atoms with Gasteiger partial charge in [0.2, 0.25) is 11.9 Å². The lowest BCUT2D eigenvalue weighted by Crippen LogP contribution is -2.21. The number of benzene rings is 2. The molecule has 2 aromatic carbocycles. The Kier molecular flexibility index (Phi) is 6.83. The second-order valence-corrected chi connectivity index (χ2v) is 6.14. The zero-order chi connectivity index (χ0) is 21.3. The van der Waals surface area contributed by atoms with Crippen LogP contribution in [-0.2, 0) is 20.7 Å². The zero-order valence-electron chi connectivity index (χ0n) is 15.8. The molecule has 3 rings (SSSR count). The summed E-state index contributed by atoms with van der Waals surface area (Å²) in [7, 11) is 0. The Bertz CT molecular complexity index is 1010. The predicted molar refractivity (Wildman–Crippen MR) is 108 cm³/mol. The van der Waals surface area contributed by atoms with Crippen molar-refractivity contribution < 1.29 is 18.7 Å². The standard InChI is InChI=1S/C20H19FN6O3/c21-13-6-8-15(9-7-13)23-17(28)12-30-18(29)11-10-16-25-19(22)27-20(26-16)24-14-4-2-1-3-5-14/h1-9H,10-12H2,(H,23,28)(H3,22,24,25,26,27). The SMILES string of the molecule is Nc1nc(CCC(=O)OCC(=O)Nc2ccc(F)cc2)nc(Nc2ccccc2)n1. The van der Waals surface area contributed by atoms with E-state index in [1.165, 1.54) is 24.3 Å². The third kappa shape index (κ3) is 6.51. The summed E-state index contributed by atoms with van der Waals surface area (Å²) in [5.74, 6) is -0.954. The van der Waals surface area contributed by atoms with Crippen LogP contribution in [0, 0.1) is 5.82 Å². The molecule has 0 saturated carbocycles. The molecule has 0 radical (unpaired) electrons. The Balaban J connectivity index is 1.47. The normalized spacial score (nSPS) is 10.3. The fraction of sp³-hybridized carbons (Fsp3) is 0.150. The Morgan fingerprint density at radius 1 is 0.967 bits per heavy atom. The third-order valence-electron chi connectivity index (χ3n) is 3.77. The van der Waals surface area contributed by atoms with Crippen molar-refractivity contribution in [2.24, 2.45) is 0 Å². The van der Waals surface area contributed by atoms with Gasteiger partial charge in [0.25, 0.3) is 5.91 Å². The van der Waals surface area contributed by atoms with Crippen molar-refractivity contribution in [1.82, 2.24) is 15.0 Å². The maximum atomic E-state index is 12.9. The molecule has 0 aliphatic carbocycles. The van der Waals surface area contributed by atoms with Crippen molar-refractivity contribution in [3.8, 4) is 0 Å². The first-order valence-electron chi connectivity index (χ1n) is 9.01. The lowest BCUT2D eigenvalue weighted by atomic mass is 10.3. The molecule has 0 bridgehead atoms. The number of amides is 1. The zero-order valence-corrected chi connectivity index (χ0v) is 15.8. The maximum Gasteiger partial charge on any atom is 0.306 e. The lowest BCUT2D eigenvalue weighted by Gasteiger charge is -2.08. The Labute approximate surface area is 171 Å².